The van der Waals surface area contributed by atoms with Crippen LogP contribution in [0.25, 0.3) is 0 Å². The van der Waals surface area contributed by atoms with Crippen LogP contribution in [0.2, 0.25) is 5.02 Å². The average Bonchev–Trinajstić information content (AvgIpc) is 2.42. The van der Waals surface area contributed by atoms with Crippen LogP contribution < -0.4 is 15.2 Å². The third-order valence-corrected chi connectivity index (χ3v) is 2.81. The molecule has 2 aromatic rings. The molecule has 0 bridgehead atoms. The summed E-state index contributed by atoms with van der Waals surface area (Å²) in [7, 11) is 0. The van der Waals surface area contributed by atoms with Gasteiger partial charge in [-0.2, -0.15) is 0 Å². The van der Waals surface area contributed by atoms with Gasteiger partial charge in [-0.25, -0.2) is 0 Å². The molecule has 3 nitrogen and oxygen atoms in total. The Morgan fingerprint density at radius 2 is 1.68 bits per heavy atom. The van der Waals surface area contributed by atoms with Crippen LogP contribution in [-0.4, -0.2) is 13.2 Å². The lowest BCUT2D eigenvalue weighted by Crippen LogP contribution is -2.05. The summed E-state index contributed by atoms with van der Waals surface area (Å²) >= 11 is 6.00. The number of para-hydroxylation sites is 1. The van der Waals surface area contributed by atoms with Gasteiger partial charge in [0.2, 0.25) is 0 Å². The Balaban J connectivity index is 1.69. The first kappa shape index (κ1) is 13.6. The van der Waals surface area contributed by atoms with Crippen LogP contribution in [-0.2, 0) is 0 Å². The lowest BCUT2D eigenvalue weighted by atomic mass is 10.3. The van der Waals surface area contributed by atoms with Gasteiger partial charge < -0.3 is 15.2 Å². The fraction of sp³-hybridized carbons (Fsp3) is 0.200. The molecular formula is C15H16ClNO2. The second-order valence-corrected chi connectivity index (χ2v) is 4.46. The van der Waals surface area contributed by atoms with Gasteiger partial charge in [-0.05, 0) is 30.3 Å². The minimum atomic E-state index is 0.531. The van der Waals surface area contributed by atoms with Crippen molar-refractivity contribution in [1.29, 1.82) is 0 Å². The average molecular weight is 278 g/mol. The molecule has 2 aromatic carbocycles. The second kappa shape index (κ2) is 6.90. The van der Waals surface area contributed by atoms with E-state index in [0.29, 0.717) is 29.7 Å². The van der Waals surface area contributed by atoms with Crippen molar-refractivity contribution in [2.75, 3.05) is 18.9 Å². The number of benzene rings is 2. The molecular weight excluding hydrogens is 262 g/mol. The predicted molar refractivity (Wildman–Crippen MR) is 77.9 cm³/mol. The molecule has 0 aliphatic rings. The zero-order chi connectivity index (χ0) is 13.5. The molecule has 2 N–H and O–H groups in total. The molecule has 0 unspecified atom stereocenters. The number of rotatable bonds is 6. The molecule has 0 saturated carbocycles. The number of halogens is 1. The quantitative estimate of drug-likeness (QED) is 0.646. The van der Waals surface area contributed by atoms with Gasteiger partial charge in [0.25, 0.3) is 0 Å². The maximum atomic E-state index is 6.00. The van der Waals surface area contributed by atoms with Gasteiger partial charge in [-0.3, -0.25) is 0 Å². The van der Waals surface area contributed by atoms with Gasteiger partial charge in [-0.15, -0.1) is 0 Å². The van der Waals surface area contributed by atoms with Gasteiger partial charge in [0.15, 0.2) is 0 Å². The summed E-state index contributed by atoms with van der Waals surface area (Å²) in [5, 5.41) is 0.531. The van der Waals surface area contributed by atoms with Gasteiger partial charge in [0, 0.05) is 12.1 Å². The SMILES string of the molecule is Nc1ccc(OCCCOc2ccccc2)c(Cl)c1. The number of nitrogen functional groups attached to an aromatic ring is 1. The van der Waals surface area contributed by atoms with Crippen molar-refractivity contribution in [2.24, 2.45) is 0 Å². The van der Waals surface area contributed by atoms with E-state index in [1.807, 2.05) is 30.3 Å². The van der Waals surface area contributed by atoms with Gasteiger partial charge >= 0.3 is 0 Å². The summed E-state index contributed by atoms with van der Waals surface area (Å²) in [6.07, 6.45) is 0.787. The third-order valence-electron chi connectivity index (χ3n) is 2.51. The van der Waals surface area contributed by atoms with E-state index < -0.39 is 0 Å². The molecule has 0 amide bonds. The maximum Gasteiger partial charge on any atom is 0.138 e. The van der Waals surface area contributed by atoms with Crippen LogP contribution >= 0.6 is 11.6 Å². The highest BCUT2D eigenvalue weighted by Crippen LogP contribution is 2.26. The van der Waals surface area contributed by atoms with E-state index in [0.717, 1.165) is 12.2 Å². The van der Waals surface area contributed by atoms with Crippen LogP contribution in [0.3, 0.4) is 0 Å². The van der Waals surface area contributed by atoms with Crippen LogP contribution in [0.5, 0.6) is 11.5 Å². The molecule has 4 heteroatoms. The molecule has 0 spiro atoms. The number of hydrogen-bond donors (Lipinski definition) is 1. The number of nitrogens with two attached hydrogens (primary N) is 1. The van der Waals surface area contributed by atoms with E-state index in [9.17, 15) is 0 Å². The summed E-state index contributed by atoms with van der Waals surface area (Å²) in [6, 6.07) is 14.9. The van der Waals surface area contributed by atoms with Crippen molar-refractivity contribution >= 4 is 17.3 Å². The Morgan fingerprint density at radius 3 is 2.42 bits per heavy atom. The fourth-order valence-corrected chi connectivity index (χ4v) is 1.83. The summed E-state index contributed by atoms with van der Waals surface area (Å²) < 4.78 is 11.1. The lowest BCUT2D eigenvalue weighted by molar-refractivity contribution is 0.247. The highest BCUT2D eigenvalue weighted by atomic mass is 35.5. The molecule has 0 radical (unpaired) electrons. The van der Waals surface area contributed by atoms with E-state index in [-0.39, 0.29) is 0 Å². The molecule has 19 heavy (non-hydrogen) atoms. The topological polar surface area (TPSA) is 44.5 Å². The molecule has 0 aliphatic heterocycles. The summed E-state index contributed by atoms with van der Waals surface area (Å²) in [5.74, 6) is 1.52. The van der Waals surface area contributed by atoms with Crippen molar-refractivity contribution in [2.45, 2.75) is 6.42 Å². The zero-order valence-electron chi connectivity index (χ0n) is 10.5. The monoisotopic (exact) mass is 277 g/mol. The van der Waals surface area contributed by atoms with Crippen LogP contribution in [0.15, 0.2) is 48.5 Å². The first-order valence-electron chi connectivity index (χ1n) is 6.11. The molecule has 2 rings (SSSR count). The molecule has 0 fully saturated rings. The predicted octanol–water partition coefficient (Wildman–Crippen LogP) is 3.77. The third kappa shape index (κ3) is 4.38. The van der Waals surface area contributed by atoms with E-state index >= 15 is 0 Å². The first-order valence-corrected chi connectivity index (χ1v) is 6.49. The van der Waals surface area contributed by atoms with Crippen LogP contribution in [0.1, 0.15) is 6.42 Å². The van der Waals surface area contributed by atoms with E-state index in [2.05, 4.69) is 0 Å². The van der Waals surface area contributed by atoms with Crippen molar-refractivity contribution < 1.29 is 9.47 Å². The van der Waals surface area contributed by atoms with Crippen LogP contribution in [0, 0.1) is 0 Å². The molecule has 0 aromatic heterocycles. The molecule has 0 heterocycles. The second-order valence-electron chi connectivity index (χ2n) is 4.05. The largest absolute Gasteiger partial charge is 0.493 e. The normalized spacial score (nSPS) is 10.2. The Kier molecular flexibility index (Phi) is 4.93. The first-order chi connectivity index (χ1) is 9.25. The zero-order valence-corrected chi connectivity index (χ0v) is 11.3. The smallest absolute Gasteiger partial charge is 0.138 e. The van der Waals surface area contributed by atoms with Gasteiger partial charge in [0.05, 0.1) is 18.2 Å². The highest BCUT2D eigenvalue weighted by molar-refractivity contribution is 6.32. The Bertz CT molecular complexity index is 517. The van der Waals surface area contributed by atoms with Crippen LogP contribution in [0.4, 0.5) is 5.69 Å². The van der Waals surface area contributed by atoms with E-state index in [1.165, 1.54) is 0 Å². The number of hydrogen-bond acceptors (Lipinski definition) is 3. The lowest BCUT2D eigenvalue weighted by Gasteiger charge is -2.09. The van der Waals surface area contributed by atoms with Gasteiger partial charge in [-0.1, -0.05) is 29.8 Å². The van der Waals surface area contributed by atoms with Crippen molar-refractivity contribution in [3.63, 3.8) is 0 Å². The van der Waals surface area contributed by atoms with Gasteiger partial charge in [0.1, 0.15) is 11.5 Å². The van der Waals surface area contributed by atoms with Crippen molar-refractivity contribution in [3.8, 4) is 11.5 Å². The van der Waals surface area contributed by atoms with E-state index in [4.69, 9.17) is 26.8 Å². The Hall–Kier alpha value is -1.87. The standard InChI is InChI=1S/C15H16ClNO2/c16-14-11-12(17)7-8-15(14)19-10-4-9-18-13-5-2-1-3-6-13/h1-3,5-8,11H,4,9-10,17H2. The Morgan fingerprint density at radius 1 is 0.947 bits per heavy atom. The molecule has 0 atom stereocenters. The number of anilines is 1. The van der Waals surface area contributed by atoms with Crippen molar-refractivity contribution in [3.05, 3.63) is 53.6 Å². The summed E-state index contributed by atoms with van der Waals surface area (Å²) in [5.41, 5.74) is 6.24. The molecule has 100 valence electrons. The molecule has 0 saturated heterocycles. The number of ether oxygens (including phenoxy) is 2. The summed E-state index contributed by atoms with van der Waals surface area (Å²) in [4.78, 5) is 0. The van der Waals surface area contributed by atoms with Crippen molar-refractivity contribution in [1.82, 2.24) is 0 Å². The minimum Gasteiger partial charge on any atom is -0.493 e. The fourth-order valence-electron chi connectivity index (χ4n) is 1.58. The Labute approximate surface area is 117 Å². The maximum absolute atomic E-state index is 6.00. The minimum absolute atomic E-state index is 0.531. The molecule has 0 aliphatic carbocycles. The summed E-state index contributed by atoms with van der Waals surface area (Å²) in [6.45, 7) is 1.16. The highest BCUT2D eigenvalue weighted by Gasteiger charge is 2.01. The van der Waals surface area contributed by atoms with E-state index in [1.54, 1.807) is 18.2 Å².